The van der Waals surface area contributed by atoms with Crippen LogP contribution >= 0.6 is 0 Å². The minimum atomic E-state index is -0.234. The molecule has 18 heavy (non-hydrogen) atoms. The zero-order valence-electron chi connectivity index (χ0n) is 11.6. The van der Waals surface area contributed by atoms with Crippen molar-refractivity contribution in [3.8, 4) is 0 Å². The van der Waals surface area contributed by atoms with E-state index in [-0.39, 0.29) is 5.41 Å². The molecule has 0 saturated carbocycles. The van der Waals surface area contributed by atoms with Crippen LogP contribution in [0.15, 0.2) is 17.8 Å². The predicted molar refractivity (Wildman–Crippen MR) is 74.9 cm³/mol. The summed E-state index contributed by atoms with van der Waals surface area (Å²) in [6, 6.07) is 0. The van der Waals surface area contributed by atoms with Crippen molar-refractivity contribution in [2.75, 3.05) is 26.3 Å². The number of nitrogens with zero attached hydrogens (tertiary/aromatic N) is 1. The highest BCUT2D eigenvalue weighted by atomic mass is 16.5. The maximum Gasteiger partial charge on any atom is 0.144 e. The molecule has 0 rings (SSSR count). The molecule has 4 N–H and O–H groups in total. The number of hydrogen-bond donors (Lipinski definition) is 3. The third-order valence-electron chi connectivity index (χ3n) is 2.87. The molecule has 106 valence electrons. The third kappa shape index (κ3) is 8.08. The molecule has 0 heterocycles. The molecular formula is C13H27N3O2. The smallest absolute Gasteiger partial charge is 0.144 e. The van der Waals surface area contributed by atoms with E-state index in [4.69, 9.17) is 15.7 Å². The van der Waals surface area contributed by atoms with Gasteiger partial charge in [-0.15, -0.1) is 6.58 Å². The number of unbranched alkanes of at least 4 members (excludes halogenated alkanes) is 1. The highest BCUT2D eigenvalue weighted by molar-refractivity contribution is 5.85. The summed E-state index contributed by atoms with van der Waals surface area (Å²) in [4.78, 5) is 0. The van der Waals surface area contributed by atoms with Gasteiger partial charge in [-0.1, -0.05) is 31.5 Å². The minimum absolute atomic E-state index is 0.234. The molecule has 0 amide bonds. The van der Waals surface area contributed by atoms with Gasteiger partial charge >= 0.3 is 0 Å². The van der Waals surface area contributed by atoms with Crippen molar-refractivity contribution in [2.45, 2.75) is 33.1 Å². The number of amidine groups is 1. The molecule has 0 aliphatic rings. The van der Waals surface area contributed by atoms with Gasteiger partial charge < -0.3 is 21.0 Å². The minimum Gasteiger partial charge on any atom is -0.409 e. The Kier molecular flexibility index (Phi) is 9.32. The van der Waals surface area contributed by atoms with Crippen LogP contribution in [0.4, 0.5) is 0 Å². The Bertz CT molecular complexity index is 253. The van der Waals surface area contributed by atoms with Crippen LogP contribution < -0.4 is 11.1 Å². The Hall–Kier alpha value is -1.07. The van der Waals surface area contributed by atoms with Crippen molar-refractivity contribution in [2.24, 2.45) is 16.3 Å². The van der Waals surface area contributed by atoms with E-state index in [2.05, 4.69) is 17.1 Å². The molecule has 0 aromatic carbocycles. The lowest BCUT2D eigenvalue weighted by molar-refractivity contribution is 0.164. The largest absolute Gasteiger partial charge is 0.409 e. The maximum atomic E-state index is 8.64. The van der Waals surface area contributed by atoms with E-state index in [0.29, 0.717) is 19.0 Å². The highest BCUT2D eigenvalue weighted by Gasteiger charge is 2.22. The molecule has 0 aliphatic heterocycles. The fourth-order valence-electron chi connectivity index (χ4n) is 1.52. The van der Waals surface area contributed by atoms with Gasteiger partial charge in [0.05, 0.1) is 13.2 Å². The lowest BCUT2D eigenvalue weighted by Gasteiger charge is -2.22. The molecule has 0 aromatic heterocycles. The van der Waals surface area contributed by atoms with Gasteiger partial charge in [-0.2, -0.15) is 0 Å². The lowest BCUT2D eigenvalue weighted by Crippen LogP contribution is -2.32. The van der Waals surface area contributed by atoms with Crippen molar-refractivity contribution in [3.05, 3.63) is 12.7 Å². The molecule has 0 atom stereocenters. The summed E-state index contributed by atoms with van der Waals surface area (Å²) < 4.78 is 5.25. The molecule has 0 saturated heterocycles. The van der Waals surface area contributed by atoms with Crippen LogP contribution in [0, 0.1) is 5.41 Å². The maximum absolute atomic E-state index is 8.64. The van der Waals surface area contributed by atoms with Crippen molar-refractivity contribution in [1.29, 1.82) is 0 Å². The molecular weight excluding hydrogens is 230 g/mol. The molecule has 5 heteroatoms. The topological polar surface area (TPSA) is 79.9 Å². The van der Waals surface area contributed by atoms with Gasteiger partial charge in [0.2, 0.25) is 0 Å². The van der Waals surface area contributed by atoms with Crippen molar-refractivity contribution in [3.63, 3.8) is 0 Å². The van der Waals surface area contributed by atoms with Crippen molar-refractivity contribution in [1.82, 2.24) is 5.32 Å². The highest BCUT2D eigenvalue weighted by Crippen LogP contribution is 2.22. The first-order chi connectivity index (χ1) is 8.54. The second kappa shape index (κ2) is 9.91. The van der Waals surface area contributed by atoms with Crippen LogP contribution in [-0.2, 0) is 4.74 Å². The summed E-state index contributed by atoms with van der Waals surface area (Å²) in [5.74, 6) is 0.299. The lowest BCUT2D eigenvalue weighted by atomic mass is 9.86. The average molecular weight is 257 g/mol. The van der Waals surface area contributed by atoms with E-state index in [9.17, 15) is 0 Å². The second-order valence-corrected chi connectivity index (χ2v) is 4.94. The normalized spacial score (nSPS) is 12.7. The van der Waals surface area contributed by atoms with E-state index in [1.54, 1.807) is 6.08 Å². The van der Waals surface area contributed by atoms with Crippen molar-refractivity contribution < 1.29 is 9.94 Å². The Morgan fingerprint density at radius 1 is 1.44 bits per heavy atom. The van der Waals surface area contributed by atoms with Crippen molar-refractivity contribution >= 4 is 5.84 Å². The number of hydrogen-bond acceptors (Lipinski definition) is 4. The summed E-state index contributed by atoms with van der Waals surface area (Å²) in [6.45, 7) is 10.7. The van der Waals surface area contributed by atoms with Gasteiger partial charge in [0.1, 0.15) is 5.84 Å². The van der Waals surface area contributed by atoms with Crippen LogP contribution in [0.1, 0.15) is 33.1 Å². The predicted octanol–water partition coefficient (Wildman–Crippen LogP) is 1.72. The van der Waals surface area contributed by atoms with Gasteiger partial charge in [0.15, 0.2) is 0 Å². The second-order valence-electron chi connectivity index (χ2n) is 4.94. The molecule has 0 aromatic rings. The van der Waals surface area contributed by atoms with Gasteiger partial charge in [-0.25, -0.2) is 0 Å². The van der Waals surface area contributed by atoms with Crippen LogP contribution in [0.3, 0.4) is 0 Å². The summed E-state index contributed by atoms with van der Waals surface area (Å²) in [7, 11) is 0. The summed E-state index contributed by atoms with van der Waals surface area (Å²) in [5.41, 5.74) is 5.39. The zero-order chi connectivity index (χ0) is 13.9. The zero-order valence-corrected chi connectivity index (χ0v) is 11.6. The molecule has 0 bridgehead atoms. The van der Waals surface area contributed by atoms with E-state index in [1.807, 2.05) is 13.8 Å². The summed E-state index contributed by atoms with van der Waals surface area (Å²) in [5, 5.41) is 15.0. The molecule has 0 fully saturated rings. The van der Waals surface area contributed by atoms with Gasteiger partial charge in [0.25, 0.3) is 0 Å². The third-order valence-corrected chi connectivity index (χ3v) is 2.87. The fraction of sp³-hybridized carbons (Fsp3) is 0.769. The first kappa shape index (κ1) is 16.9. The van der Waals surface area contributed by atoms with Crippen LogP contribution in [-0.4, -0.2) is 37.3 Å². The Balaban J connectivity index is 3.43. The molecule has 0 radical (unpaired) electrons. The quantitative estimate of drug-likeness (QED) is 0.131. The Morgan fingerprint density at radius 3 is 2.78 bits per heavy atom. The number of rotatable bonds is 11. The van der Waals surface area contributed by atoms with E-state index in [1.165, 1.54) is 0 Å². The molecule has 0 unspecified atom stereocenters. The fourth-order valence-corrected chi connectivity index (χ4v) is 1.52. The average Bonchev–Trinajstić information content (AvgIpc) is 2.35. The number of nitrogens with two attached hydrogens (primary N) is 1. The van der Waals surface area contributed by atoms with E-state index in [0.717, 1.165) is 32.4 Å². The van der Waals surface area contributed by atoms with Crippen LogP contribution in [0.25, 0.3) is 0 Å². The first-order valence-electron chi connectivity index (χ1n) is 6.42. The summed E-state index contributed by atoms with van der Waals surface area (Å²) >= 11 is 0. The van der Waals surface area contributed by atoms with Crippen LogP contribution in [0.2, 0.25) is 0 Å². The van der Waals surface area contributed by atoms with E-state index >= 15 is 0 Å². The monoisotopic (exact) mass is 257 g/mol. The Morgan fingerprint density at radius 2 is 2.17 bits per heavy atom. The van der Waals surface area contributed by atoms with Gasteiger partial charge in [-0.05, 0) is 19.4 Å². The van der Waals surface area contributed by atoms with E-state index < -0.39 is 0 Å². The number of nitrogens with one attached hydrogen (secondary N) is 1. The number of ether oxygens (including phenoxy) is 1. The molecule has 5 nitrogen and oxygen atoms in total. The number of oxime groups is 1. The van der Waals surface area contributed by atoms with Crippen LogP contribution in [0.5, 0.6) is 0 Å². The first-order valence-corrected chi connectivity index (χ1v) is 6.42. The molecule has 0 aliphatic carbocycles. The van der Waals surface area contributed by atoms with Gasteiger partial charge in [-0.3, -0.25) is 0 Å². The molecule has 0 spiro atoms. The Labute approximate surface area is 110 Å². The summed E-state index contributed by atoms with van der Waals surface area (Å²) in [6.07, 6.45) is 4.78. The van der Waals surface area contributed by atoms with Gasteiger partial charge in [0, 0.05) is 12.0 Å². The SMILES string of the molecule is C=CCOCCNCCCCC(C)(C)/C(N)=N/O. The standard InChI is InChI=1S/C13H27N3O2/c1-4-10-18-11-9-15-8-6-5-7-13(2,3)12(14)16-17/h4,15,17H,1,5-11H2,2-3H3,(H2,14,16).